The Morgan fingerprint density at radius 2 is 2.23 bits per heavy atom. The number of hydrogen-bond donors (Lipinski definition) is 1. The van der Waals surface area contributed by atoms with Crippen molar-refractivity contribution in [1.29, 1.82) is 0 Å². The molecule has 1 fully saturated rings. The van der Waals surface area contributed by atoms with Gasteiger partial charge in [-0.1, -0.05) is 18.2 Å². The van der Waals surface area contributed by atoms with Crippen LogP contribution in [0.25, 0.3) is 10.9 Å². The van der Waals surface area contributed by atoms with Gasteiger partial charge in [-0.3, -0.25) is 9.89 Å². The summed E-state index contributed by atoms with van der Waals surface area (Å²) in [5, 5.41) is 8.01. The topological polar surface area (TPSA) is 84.0 Å². The molecule has 3 aromatic rings. The summed E-state index contributed by atoms with van der Waals surface area (Å²) < 4.78 is 5.85. The van der Waals surface area contributed by atoms with Gasteiger partial charge in [0.25, 0.3) is 5.91 Å². The van der Waals surface area contributed by atoms with E-state index in [9.17, 15) is 4.79 Å². The molecule has 4 rings (SSSR count). The third kappa shape index (κ3) is 3.43. The number of aromatic nitrogens is 4. The molecule has 1 aliphatic heterocycles. The maximum atomic E-state index is 12.9. The predicted molar refractivity (Wildman–Crippen MR) is 96.8 cm³/mol. The number of para-hydroxylation sites is 1. The number of fused-ring (bicyclic) bond motifs is 1. The summed E-state index contributed by atoms with van der Waals surface area (Å²) in [6, 6.07) is 9.67. The van der Waals surface area contributed by atoms with Crippen LogP contribution in [0.3, 0.4) is 0 Å². The second-order valence-electron chi connectivity index (χ2n) is 6.55. The highest BCUT2D eigenvalue weighted by molar-refractivity contribution is 6.04. The molecular formula is C19H21N5O2. The molecule has 2 aromatic heterocycles. The van der Waals surface area contributed by atoms with Gasteiger partial charge in [-0.2, -0.15) is 5.10 Å². The molecule has 0 bridgehead atoms. The molecule has 0 spiro atoms. The summed E-state index contributed by atoms with van der Waals surface area (Å²) in [5.74, 6) is -0.0476. The molecule has 1 aliphatic rings. The summed E-state index contributed by atoms with van der Waals surface area (Å²) in [4.78, 5) is 23.2. The SMILES string of the molecule is Cc1cc(CCC2CN(C(=O)c3n[nH]c4ccccc34)CCO2)ncn1. The number of aryl methyl sites for hydroxylation is 2. The van der Waals surface area contributed by atoms with Crippen molar-refractivity contribution >= 4 is 16.8 Å². The summed E-state index contributed by atoms with van der Waals surface area (Å²) in [6.45, 7) is 3.66. The molecular weight excluding hydrogens is 330 g/mol. The average Bonchev–Trinajstić information content (AvgIpc) is 3.10. The number of carbonyl (C=O) groups is 1. The Morgan fingerprint density at radius 1 is 1.35 bits per heavy atom. The molecule has 7 nitrogen and oxygen atoms in total. The van der Waals surface area contributed by atoms with E-state index in [0.29, 0.717) is 25.4 Å². The first kappa shape index (κ1) is 16.7. The third-order valence-corrected chi connectivity index (χ3v) is 4.68. The van der Waals surface area contributed by atoms with E-state index in [0.717, 1.165) is 35.1 Å². The first-order valence-corrected chi connectivity index (χ1v) is 8.82. The summed E-state index contributed by atoms with van der Waals surface area (Å²) in [7, 11) is 0. The zero-order chi connectivity index (χ0) is 17.9. The second kappa shape index (κ2) is 7.21. The van der Waals surface area contributed by atoms with Crippen LogP contribution in [-0.2, 0) is 11.2 Å². The Morgan fingerprint density at radius 3 is 3.12 bits per heavy atom. The molecule has 1 aromatic carbocycles. The molecule has 1 saturated heterocycles. The number of benzene rings is 1. The number of ether oxygens (including phenoxy) is 1. The Labute approximate surface area is 151 Å². The lowest BCUT2D eigenvalue weighted by atomic mass is 10.1. The standard InChI is InChI=1S/C19H21N5O2/c1-13-10-14(21-12-20-13)6-7-15-11-24(8-9-26-15)19(25)18-16-4-2-3-5-17(16)22-23-18/h2-5,10,12,15H,6-9,11H2,1H3,(H,22,23). The van der Waals surface area contributed by atoms with Gasteiger partial charge in [0.2, 0.25) is 0 Å². The Bertz CT molecular complexity index is 923. The Hall–Kier alpha value is -2.80. The molecule has 3 heterocycles. The van der Waals surface area contributed by atoms with Crippen LogP contribution in [0.15, 0.2) is 36.7 Å². The van der Waals surface area contributed by atoms with E-state index in [-0.39, 0.29) is 12.0 Å². The number of rotatable bonds is 4. The fraction of sp³-hybridized carbons (Fsp3) is 0.368. The van der Waals surface area contributed by atoms with Crippen LogP contribution < -0.4 is 0 Å². The highest BCUT2D eigenvalue weighted by atomic mass is 16.5. The van der Waals surface area contributed by atoms with E-state index < -0.39 is 0 Å². The minimum Gasteiger partial charge on any atom is -0.375 e. The van der Waals surface area contributed by atoms with Gasteiger partial charge >= 0.3 is 0 Å². The highest BCUT2D eigenvalue weighted by Gasteiger charge is 2.27. The van der Waals surface area contributed by atoms with Gasteiger partial charge < -0.3 is 9.64 Å². The zero-order valence-corrected chi connectivity index (χ0v) is 14.7. The van der Waals surface area contributed by atoms with Gasteiger partial charge in [-0.15, -0.1) is 0 Å². The largest absolute Gasteiger partial charge is 0.375 e. The predicted octanol–water partition coefficient (Wildman–Crippen LogP) is 2.14. The molecule has 1 atom stereocenters. The maximum Gasteiger partial charge on any atom is 0.275 e. The van der Waals surface area contributed by atoms with Crippen LogP contribution in [-0.4, -0.2) is 56.8 Å². The fourth-order valence-electron chi connectivity index (χ4n) is 3.31. The van der Waals surface area contributed by atoms with Crippen LogP contribution in [0, 0.1) is 6.92 Å². The number of nitrogens with one attached hydrogen (secondary N) is 1. The Kier molecular flexibility index (Phi) is 4.62. The monoisotopic (exact) mass is 351 g/mol. The minimum absolute atomic E-state index is 0.00757. The fourth-order valence-corrected chi connectivity index (χ4v) is 3.31. The number of carbonyl (C=O) groups excluding carboxylic acids is 1. The van der Waals surface area contributed by atoms with Crippen molar-refractivity contribution in [3.63, 3.8) is 0 Å². The lowest BCUT2D eigenvalue weighted by molar-refractivity contribution is -0.0248. The smallest absolute Gasteiger partial charge is 0.275 e. The Balaban J connectivity index is 1.42. The number of hydrogen-bond acceptors (Lipinski definition) is 5. The van der Waals surface area contributed by atoms with E-state index in [1.54, 1.807) is 6.33 Å². The molecule has 0 radical (unpaired) electrons. The van der Waals surface area contributed by atoms with Crippen molar-refractivity contribution in [3.05, 3.63) is 53.7 Å². The van der Waals surface area contributed by atoms with Gasteiger partial charge in [0, 0.05) is 29.9 Å². The molecule has 1 N–H and O–H groups in total. The van der Waals surface area contributed by atoms with Crippen molar-refractivity contribution in [2.24, 2.45) is 0 Å². The molecule has 0 aliphatic carbocycles. The van der Waals surface area contributed by atoms with Crippen molar-refractivity contribution in [3.8, 4) is 0 Å². The van der Waals surface area contributed by atoms with Gasteiger partial charge in [-0.05, 0) is 31.9 Å². The van der Waals surface area contributed by atoms with E-state index in [1.807, 2.05) is 42.2 Å². The van der Waals surface area contributed by atoms with E-state index in [4.69, 9.17) is 4.74 Å². The average molecular weight is 351 g/mol. The number of nitrogens with zero attached hydrogens (tertiary/aromatic N) is 4. The van der Waals surface area contributed by atoms with E-state index in [2.05, 4.69) is 20.2 Å². The van der Waals surface area contributed by atoms with Crippen LogP contribution in [0.2, 0.25) is 0 Å². The maximum absolute atomic E-state index is 12.9. The third-order valence-electron chi connectivity index (χ3n) is 4.68. The highest BCUT2D eigenvalue weighted by Crippen LogP contribution is 2.19. The molecule has 26 heavy (non-hydrogen) atoms. The number of aromatic amines is 1. The molecule has 1 amide bonds. The van der Waals surface area contributed by atoms with Crippen molar-refractivity contribution in [2.45, 2.75) is 25.9 Å². The molecule has 1 unspecified atom stereocenters. The lowest BCUT2D eigenvalue weighted by Gasteiger charge is -2.32. The van der Waals surface area contributed by atoms with Crippen molar-refractivity contribution < 1.29 is 9.53 Å². The van der Waals surface area contributed by atoms with Crippen LogP contribution in [0.5, 0.6) is 0 Å². The minimum atomic E-state index is -0.0476. The van der Waals surface area contributed by atoms with Crippen molar-refractivity contribution in [2.75, 3.05) is 19.7 Å². The number of amides is 1. The molecule has 0 saturated carbocycles. The van der Waals surface area contributed by atoms with E-state index >= 15 is 0 Å². The van der Waals surface area contributed by atoms with Gasteiger partial charge in [0.15, 0.2) is 5.69 Å². The zero-order valence-electron chi connectivity index (χ0n) is 14.7. The van der Waals surface area contributed by atoms with Crippen molar-refractivity contribution in [1.82, 2.24) is 25.1 Å². The van der Waals surface area contributed by atoms with Gasteiger partial charge in [0.05, 0.1) is 18.2 Å². The van der Waals surface area contributed by atoms with Gasteiger partial charge in [0.1, 0.15) is 6.33 Å². The lowest BCUT2D eigenvalue weighted by Crippen LogP contribution is -2.46. The molecule has 7 heteroatoms. The quantitative estimate of drug-likeness (QED) is 0.778. The van der Waals surface area contributed by atoms with Crippen LogP contribution in [0.4, 0.5) is 0 Å². The summed E-state index contributed by atoms with van der Waals surface area (Å²) >= 11 is 0. The normalized spacial score (nSPS) is 17.6. The second-order valence-corrected chi connectivity index (χ2v) is 6.55. The van der Waals surface area contributed by atoms with Crippen LogP contribution >= 0.6 is 0 Å². The molecule has 134 valence electrons. The van der Waals surface area contributed by atoms with E-state index in [1.165, 1.54) is 0 Å². The first-order valence-electron chi connectivity index (χ1n) is 8.82. The first-order chi connectivity index (χ1) is 12.7. The number of H-pyrrole nitrogens is 1. The summed E-state index contributed by atoms with van der Waals surface area (Å²) in [5.41, 5.74) is 3.32. The number of morpholine rings is 1. The van der Waals surface area contributed by atoms with Crippen LogP contribution in [0.1, 0.15) is 28.3 Å². The van der Waals surface area contributed by atoms with Gasteiger partial charge in [-0.25, -0.2) is 9.97 Å². The summed E-state index contributed by atoms with van der Waals surface area (Å²) in [6.07, 6.45) is 3.22.